The lowest BCUT2D eigenvalue weighted by molar-refractivity contribution is 0.886. The lowest BCUT2D eigenvalue weighted by atomic mass is 10.1. The first kappa shape index (κ1) is 9.17. The minimum absolute atomic E-state index is 0.731. The van der Waals surface area contributed by atoms with E-state index in [-0.39, 0.29) is 0 Å². The van der Waals surface area contributed by atoms with Gasteiger partial charge in [0.15, 0.2) is 0 Å². The first-order valence-corrected chi connectivity index (χ1v) is 6.96. The van der Waals surface area contributed by atoms with Gasteiger partial charge in [-0.2, -0.15) is 0 Å². The van der Waals surface area contributed by atoms with Crippen LogP contribution in [0, 0.1) is 5.92 Å². The van der Waals surface area contributed by atoms with Gasteiger partial charge in [-0.25, -0.2) is 0 Å². The average molecular weight is 221 g/mol. The molecule has 0 saturated heterocycles. The summed E-state index contributed by atoms with van der Waals surface area (Å²) in [6.07, 6.45) is 5.59. The Bertz CT molecular complexity index is 304. The van der Waals surface area contributed by atoms with Crippen LogP contribution in [-0.4, -0.2) is 4.58 Å². The predicted octanol–water partition coefficient (Wildman–Crippen LogP) is 4.36. The van der Waals surface area contributed by atoms with E-state index in [1.807, 2.05) is 0 Å². The zero-order chi connectivity index (χ0) is 9.38. The molecule has 14 heavy (non-hydrogen) atoms. The minimum atomic E-state index is 0.731. The molecule has 1 aromatic rings. The molecule has 0 amide bonds. The maximum absolute atomic E-state index is 2.25. The normalized spacial score (nSPS) is 22.9. The van der Waals surface area contributed by atoms with Crippen molar-refractivity contribution in [2.75, 3.05) is 0 Å². The van der Waals surface area contributed by atoms with Gasteiger partial charge in [0.25, 0.3) is 0 Å². The average Bonchev–Trinajstić information content (AvgIpc) is 2.86. The molecule has 0 spiro atoms. The Morgan fingerprint density at radius 2 is 1.50 bits per heavy atom. The van der Waals surface area contributed by atoms with Crippen LogP contribution in [0.25, 0.3) is 0 Å². The molecule has 1 saturated carbocycles. The van der Waals surface area contributed by atoms with E-state index >= 15 is 0 Å². The van der Waals surface area contributed by atoms with Crippen LogP contribution in [0.15, 0.2) is 34.1 Å². The number of benzene rings is 1. The fourth-order valence-corrected chi connectivity index (χ4v) is 5.18. The third kappa shape index (κ3) is 1.59. The Hall–Kier alpha value is -0.0800. The van der Waals surface area contributed by atoms with Crippen molar-refractivity contribution in [3.63, 3.8) is 0 Å². The smallest absolute Gasteiger partial charge is 0.0659 e. The molecule has 0 nitrogen and oxygen atoms in total. The van der Waals surface area contributed by atoms with E-state index in [0.29, 0.717) is 0 Å². The Kier molecular flexibility index (Phi) is 2.50. The number of thioether (sulfide) groups is 2. The van der Waals surface area contributed by atoms with E-state index in [4.69, 9.17) is 0 Å². The van der Waals surface area contributed by atoms with Crippen molar-refractivity contribution >= 4 is 23.5 Å². The standard InChI is InChI=1S/C12H13S2/c1-2-6-9(5-1)12-13-10-7-3-4-8-11(10)14-12/h3-4,7-8,12H,1-2,5-6H2. The zero-order valence-corrected chi connectivity index (χ0v) is 9.66. The van der Waals surface area contributed by atoms with Crippen molar-refractivity contribution in [3.8, 4) is 0 Å². The van der Waals surface area contributed by atoms with Gasteiger partial charge in [-0.15, -0.1) is 23.5 Å². The van der Waals surface area contributed by atoms with Gasteiger partial charge in [-0.3, -0.25) is 0 Å². The molecule has 2 heteroatoms. The maximum Gasteiger partial charge on any atom is 0.0659 e. The molecule has 73 valence electrons. The summed E-state index contributed by atoms with van der Waals surface area (Å²) in [5.41, 5.74) is 0. The van der Waals surface area contributed by atoms with E-state index < -0.39 is 0 Å². The summed E-state index contributed by atoms with van der Waals surface area (Å²) in [5.74, 6) is 1.79. The molecule has 0 atom stereocenters. The number of hydrogen-bond donors (Lipinski definition) is 0. The fraction of sp³-hybridized carbons (Fsp3) is 0.417. The molecule has 1 fully saturated rings. The van der Waals surface area contributed by atoms with Crippen LogP contribution in [0.3, 0.4) is 0 Å². The molecular formula is C12H13S2. The quantitative estimate of drug-likeness (QED) is 0.691. The van der Waals surface area contributed by atoms with E-state index in [0.717, 1.165) is 4.58 Å². The highest BCUT2D eigenvalue weighted by molar-refractivity contribution is 8.19. The first-order chi connectivity index (χ1) is 6.93. The Balaban J connectivity index is 1.77. The molecule has 1 heterocycles. The van der Waals surface area contributed by atoms with Gasteiger partial charge in [0, 0.05) is 9.79 Å². The number of rotatable bonds is 1. The topological polar surface area (TPSA) is 0 Å². The van der Waals surface area contributed by atoms with Crippen LogP contribution >= 0.6 is 23.5 Å². The Morgan fingerprint density at radius 1 is 0.929 bits per heavy atom. The molecule has 1 aliphatic carbocycles. The molecule has 1 aliphatic heterocycles. The van der Waals surface area contributed by atoms with Crippen LogP contribution < -0.4 is 0 Å². The SMILES string of the molecule is c1ccc2c(c1)SC([C]1CCCC1)S2. The van der Waals surface area contributed by atoms with E-state index in [2.05, 4.69) is 47.8 Å². The summed E-state index contributed by atoms with van der Waals surface area (Å²) in [5, 5.41) is 0. The lowest BCUT2D eigenvalue weighted by Crippen LogP contribution is -2.03. The Labute approximate surface area is 93.9 Å². The summed E-state index contributed by atoms with van der Waals surface area (Å²) in [6, 6.07) is 8.80. The maximum atomic E-state index is 2.25. The molecule has 2 aliphatic rings. The largest absolute Gasteiger partial charge is 0.110 e. The van der Waals surface area contributed by atoms with Gasteiger partial charge in [-0.05, 0) is 30.9 Å². The van der Waals surface area contributed by atoms with Crippen LogP contribution in [0.4, 0.5) is 0 Å². The summed E-state index contributed by atoms with van der Waals surface area (Å²) >= 11 is 4.12. The first-order valence-electron chi connectivity index (χ1n) is 5.20. The lowest BCUT2D eigenvalue weighted by Gasteiger charge is -2.14. The summed E-state index contributed by atoms with van der Waals surface area (Å²) < 4.78 is 0.731. The fourth-order valence-electron chi connectivity index (χ4n) is 2.13. The summed E-state index contributed by atoms with van der Waals surface area (Å²) in [6.45, 7) is 0. The van der Waals surface area contributed by atoms with Crippen molar-refractivity contribution in [1.29, 1.82) is 0 Å². The summed E-state index contributed by atoms with van der Waals surface area (Å²) in [7, 11) is 0. The second kappa shape index (κ2) is 3.82. The molecule has 0 unspecified atom stereocenters. The van der Waals surface area contributed by atoms with Crippen molar-refractivity contribution in [3.05, 3.63) is 30.2 Å². The van der Waals surface area contributed by atoms with Crippen LogP contribution in [-0.2, 0) is 0 Å². The van der Waals surface area contributed by atoms with Crippen LogP contribution in [0.5, 0.6) is 0 Å². The highest BCUT2D eigenvalue weighted by atomic mass is 32.2. The van der Waals surface area contributed by atoms with Gasteiger partial charge in [0.2, 0.25) is 0 Å². The van der Waals surface area contributed by atoms with E-state index in [1.54, 1.807) is 5.92 Å². The summed E-state index contributed by atoms with van der Waals surface area (Å²) in [4.78, 5) is 2.98. The highest BCUT2D eigenvalue weighted by Gasteiger charge is 2.32. The molecule has 3 rings (SSSR count). The van der Waals surface area contributed by atoms with Crippen molar-refractivity contribution < 1.29 is 0 Å². The van der Waals surface area contributed by atoms with Gasteiger partial charge in [-0.1, -0.05) is 25.0 Å². The molecule has 1 aromatic carbocycles. The van der Waals surface area contributed by atoms with Gasteiger partial charge in [0.05, 0.1) is 4.58 Å². The molecular weight excluding hydrogens is 208 g/mol. The van der Waals surface area contributed by atoms with Crippen molar-refractivity contribution in [2.45, 2.75) is 40.1 Å². The second-order valence-corrected chi connectivity index (χ2v) is 6.47. The number of hydrogen-bond acceptors (Lipinski definition) is 2. The third-order valence-electron chi connectivity index (χ3n) is 2.90. The van der Waals surface area contributed by atoms with E-state index in [9.17, 15) is 0 Å². The van der Waals surface area contributed by atoms with Gasteiger partial charge in [0.1, 0.15) is 0 Å². The van der Waals surface area contributed by atoms with Crippen molar-refractivity contribution in [2.24, 2.45) is 0 Å². The number of fused-ring (bicyclic) bond motifs is 1. The second-order valence-electron chi connectivity index (χ2n) is 3.88. The molecule has 0 N–H and O–H groups in total. The highest BCUT2D eigenvalue weighted by Crippen LogP contribution is 2.54. The minimum Gasteiger partial charge on any atom is -0.110 e. The van der Waals surface area contributed by atoms with Gasteiger partial charge < -0.3 is 0 Å². The zero-order valence-electron chi connectivity index (χ0n) is 8.03. The van der Waals surface area contributed by atoms with Crippen LogP contribution in [0.2, 0.25) is 0 Å². The molecule has 0 aromatic heterocycles. The monoisotopic (exact) mass is 221 g/mol. The third-order valence-corrected chi connectivity index (χ3v) is 5.92. The molecule has 0 bridgehead atoms. The van der Waals surface area contributed by atoms with Crippen LogP contribution in [0.1, 0.15) is 25.7 Å². The predicted molar refractivity (Wildman–Crippen MR) is 63.7 cm³/mol. The molecule has 1 radical (unpaired) electrons. The van der Waals surface area contributed by atoms with E-state index in [1.165, 1.54) is 35.5 Å². The van der Waals surface area contributed by atoms with Crippen molar-refractivity contribution in [1.82, 2.24) is 0 Å². The Morgan fingerprint density at radius 3 is 2.07 bits per heavy atom. The van der Waals surface area contributed by atoms with Gasteiger partial charge >= 0.3 is 0 Å².